The zero-order valence-corrected chi connectivity index (χ0v) is 11.4. The van der Waals surface area contributed by atoms with Gasteiger partial charge in [0.1, 0.15) is 0 Å². The zero-order chi connectivity index (χ0) is 13.6. The first kappa shape index (κ1) is 14.9. The maximum atomic E-state index is 11.7. The molecule has 0 fully saturated rings. The van der Waals surface area contributed by atoms with Crippen LogP contribution < -0.4 is 4.72 Å². The Hall–Kier alpha value is -1.11. The molecule has 1 aromatic carbocycles. The predicted molar refractivity (Wildman–Crippen MR) is 70.9 cm³/mol. The number of ether oxygens (including phenoxy) is 1. The number of aliphatic hydroxyl groups excluding tert-OH is 1. The number of hydrogen-bond donors (Lipinski definition) is 2. The minimum atomic E-state index is -3.39. The molecule has 1 aromatic rings. The van der Waals surface area contributed by atoms with E-state index in [1.54, 1.807) is 24.3 Å². The van der Waals surface area contributed by atoms with Gasteiger partial charge in [0.15, 0.2) is 0 Å². The highest BCUT2D eigenvalue weighted by molar-refractivity contribution is 7.92. The highest BCUT2D eigenvalue weighted by Crippen LogP contribution is 2.11. The number of benzene rings is 1. The van der Waals surface area contributed by atoms with E-state index in [1.807, 2.05) is 13.8 Å². The van der Waals surface area contributed by atoms with Gasteiger partial charge >= 0.3 is 0 Å². The van der Waals surface area contributed by atoms with Crippen LogP contribution in [0.4, 0.5) is 5.69 Å². The first-order valence-electron chi connectivity index (χ1n) is 5.75. The van der Waals surface area contributed by atoms with Crippen LogP contribution in [0.15, 0.2) is 24.3 Å². The molecule has 0 saturated carbocycles. The van der Waals surface area contributed by atoms with Gasteiger partial charge in [-0.1, -0.05) is 12.1 Å². The fourth-order valence-corrected chi connectivity index (χ4v) is 2.22. The number of rotatable bonds is 7. The topological polar surface area (TPSA) is 75.6 Å². The molecule has 2 N–H and O–H groups in total. The molecule has 0 spiro atoms. The molecule has 0 aliphatic heterocycles. The minimum absolute atomic E-state index is 0.0176. The second-order valence-corrected chi connectivity index (χ2v) is 6.04. The summed E-state index contributed by atoms with van der Waals surface area (Å²) in [7, 11) is -3.39. The summed E-state index contributed by atoms with van der Waals surface area (Å²) in [5, 5.41) is 8.87. The average Bonchev–Trinajstić information content (AvgIpc) is 2.28. The van der Waals surface area contributed by atoms with Crippen LogP contribution >= 0.6 is 0 Å². The largest absolute Gasteiger partial charge is 0.392 e. The van der Waals surface area contributed by atoms with Crippen LogP contribution in [-0.2, 0) is 21.4 Å². The van der Waals surface area contributed by atoms with Crippen molar-refractivity contribution in [1.29, 1.82) is 0 Å². The van der Waals surface area contributed by atoms with Crippen molar-refractivity contribution in [3.05, 3.63) is 29.8 Å². The Kier molecular flexibility index (Phi) is 5.58. The Labute approximate surface area is 108 Å². The van der Waals surface area contributed by atoms with Gasteiger partial charge in [-0.2, -0.15) is 0 Å². The van der Waals surface area contributed by atoms with Crippen LogP contribution in [0.25, 0.3) is 0 Å². The van der Waals surface area contributed by atoms with E-state index in [4.69, 9.17) is 9.84 Å². The Morgan fingerprint density at radius 1 is 1.28 bits per heavy atom. The highest BCUT2D eigenvalue weighted by Gasteiger charge is 2.10. The molecule has 0 aliphatic carbocycles. The second kappa shape index (κ2) is 6.72. The summed E-state index contributed by atoms with van der Waals surface area (Å²) in [6.45, 7) is 3.82. The number of sulfonamides is 1. The molecular weight excluding hydrogens is 254 g/mol. The molecule has 0 radical (unpaired) electrons. The van der Waals surface area contributed by atoms with E-state index >= 15 is 0 Å². The van der Waals surface area contributed by atoms with Crippen molar-refractivity contribution in [1.82, 2.24) is 0 Å². The van der Waals surface area contributed by atoms with Gasteiger partial charge in [-0.25, -0.2) is 8.42 Å². The quantitative estimate of drug-likeness (QED) is 0.786. The van der Waals surface area contributed by atoms with Gasteiger partial charge in [0.2, 0.25) is 10.0 Å². The van der Waals surface area contributed by atoms with E-state index in [1.165, 1.54) is 0 Å². The molecule has 5 nitrogen and oxygen atoms in total. The Balaban J connectivity index is 2.53. The third-order valence-electron chi connectivity index (χ3n) is 2.21. The van der Waals surface area contributed by atoms with Gasteiger partial charge in [0, 0.05) is 5.69 Å². The van der Waals surface area contributed by atoms with E-state index < -0.39 is 10.0 Å². The Morgan fingerprint density at radius 3 is 2.39 bits per heavy atom. The summed E-state index contributed by atoms with van der Waals surface area (Å²) in [6, 6.07) is 6.57. The molecule has 6 heteroatoms. The normalized spacial score (nSPS) is 11.8. The molecule has 0 amide bonds. The molecule has 0 aromatic heterocycles. The van der Waals surface area contributed by atoms with Gasteiger partial charge in [-0.05, 0) is 31.5 Å². The fourth-order valence-electron chi connectivity index (χ4n) is 1.30. The summed E-state index contributed by atoms with van der Waals surface area (Å²) in [5.74, 6) is -0.0765. The smallest absolute Gasteiger partial charge is 0.234 e. The van der Waals surface area contributed by atoms with Crippen molar-refractivity contribution >= 4 is 15.7 Å². The molecule has 0 aliphatic rings. The monoisotopic (exact) mass is 273 g/mol. The SMILES string of the molecule is CC(C)OCCS(=O)(=O)Nc1ccc(CO)cc1. The number of anilines is 1. The van der Waals surface area contributed by atoms with Crippen molar-refractivity contribution < 1.29 is 18.3 Å². The van der Waals surface area contributed by atoms with Gasteiger partial charge in [0.25, 0.3) is 0 Å². The summed E-state index contributed by atoms with van der Waals surface area (Å²) < 4.78 is 31.0. The highest BCUT2D eigenvalue weighted by atomic mass is 32.2. The summed E-state index contributed by atoms with van der Waals surface area (Å²) in [5.41, 5.74) is 1.22. The van der Waals surface area contributed by atoms with Crippen LogP contribution in [0.1, 0.15) is 19.4 Å². The maximum absolute atomic E-state index is 11.7. The molecule has 0 bridgehead atoms. The molecular formula is C12H19NO4S. The Morgan fingerprint density at radius 2 is 1.89 bits per heavy atom. The van der Waals surface area contributed by atoms with Crippen LogP contribution in [0.3, 0.4) is 0 Å². The number of aliphatic hydroxyl groups is 1. The van der Waals surface area contributed by atoms with Crippen LogP contribution in [0.5, 0.6) is 0 Å². The lowest BCUT2D eigenvalue weighted by molar-refractivity contribution is 0.0913. The van der Waals surface area contributed by atoms with Gasteiger partial charge in [-0.15, -0.1) is 0 Å². The lowest BCUT2D eigenvalue weighted by Gasteiger charge is -2.10. The van der Waals surface area contributed by atoms with Crippen molar-refractivity contribution in [2.24, 2.45) is 0 Å². The van der Waals surface area contributed by atoms with Gasteiger partial charge in [-0.3, -0.25) is 4.72 Å². The molecule has 0 heterocycles. The van der Waals surface area contributed by atoms with E-state index in [0.29, 0.717) is 5.69 Å². The van der Waals surface area contributed by atoms with Crippen molar-refractivity contribution in [3.8, 4) is 0 Å². The van der Waals surface area contributed by atoms with Crippen LogP contribution in [-0.4, -0.2) is 32.0 Å². The molecule has 0 atom stereocenters. The molecule has 1 rings (SSSR count). The van der Waals surface area contributed by atoms with E-state index in [0.717, 1.165) is 5.56 Å². The third kappa shape index (κ3) is 5.48. The third-order valence-corrected chi connectivity index (χ3v) is 3.46. The predicted octanol–water partition coefficient (Wildman–Crippen LogP) is 1.35. The number of hydrogen-bond acceptors (Lipinski definition) is 4. The number of nitrogens with one attached hydrogen (secondary N) is 1. The fraction of sp³-hybridized carbons (Fsp3) is 0.500. The van der Waals surface area contributed by atoms with E-state index in [9.17, 15) is 8.42 Å². The van der Waals surface area contributed by atoms with Gasteiger partial charge in [0.05, 0.1) is 25.1 Å². The molecule has 0 saturated heterocycles. The maximum Gasteiger partial charge on any atom is 0.234 e. The van der Waals surface area contributed by atoms with E-state index in [2.05, 4.69) is 4.72 Å². The standard InChI is InChI=1S/C12H19NO4S/c1-10(2)17-7-8-18(15,16)13-12-5-3-11(9-14)4-6-12/h3-6,10,13-14H,7-9H2,1-2H3. The summed E-state index contributed by atoms with van der Waals surface area (Å²) >= 11 is 0. The zero-order valence-electron chi connectivity index (χ0n) is 10.6. The summed E-state index contributed by atoms with van der Waals surface area (Å²) in [6.07, 6.45) is 0.0176. The van der Waals surface area contributed by atoms with Crippen molar-refractivity contribution in [3.63, 3.8) is 0 Å². The van der Waals surface area contributed by atoms with E-state index in [-0.39, 0.29) is 25.1 Å². The van der Waals surface area contributed by atoms with Crippen LogP contribution in [0.2, 0.25) is 0 Å². The molecule has 102 valence electrons. The Bertz CT molecular complexity index is 453. The second-order valence-electron chi connectivity index (χ2n) is 4.20. The molecule has 0 unspecified atom stereocenters. The molecule has 18 heavy (non-hydrogen) atoms. The first-order valence-corrected chi connectivity index (χ1v) is 7.40. The lowest BCUT2D eigenvalue weighted by Crippen LogP contribution is -2.21. The van der Waals surface area contributed by atoms with Crippen LogP contribution in [0, 0.1) is 0 Å². The van der Waals surface area contributed by atoms with Gasteiger partial charge < -0.3 is 9.84 Å². The minimum Gasteiger partial charge on any atom is -0.392 e. The summed E-state index contributed by atoms with van der Waals surface area (Å²) in [4.78, 5) is 0. The van der Waals surface area contributed by atoms with Crippen molar-refractivity contribution in [2.45, 2.75) is 26.6 Å². The lowest BCUT2D eigenvalue weighted by atomic mass is 10.2. The first-order chi connectivity index (χ1) is 8.43. The average molecular weight is 273 g/mol. The van der Waals surface area contributed by atoms with Crippen molar-refractivity contribution in [2.75, 3.05) is 17.1 Å².